The normalized spacial score (nSPS) is 12.0. The van der Waals surface area contributed by atoms with Crippen LogP contribution in [0, 0.1) is 0 Å². The fourth-order valence-corrected chi connectivity index (χ4v) is 5.60. The van der Waals surface area contributed by atoms with Gasteiger partial charge in [0, 0.05) is 45.8 Å². The predicted molar refractivity (Wildman–Crippen MR) is 137 cm³/mol. The number of aromatic nitrogens is 1. The highest BCUT2D eigenvalue weighted by molar-refractivity contribution is 7.99. The summed E-state index contributed by atoms with van der Waals surface area (Å²) in [5.74, 6) is -0.00746. The van der Waals surface area contributed by atoms with Crippen LogP contribution >= 0.6 is 23.4 Å². The molecule has 0 spiro atoms. The van der Waals surface area contributed by atoms with Crippen LogP contribution in [-0.4, -0.2) is 24.0 Å². The molecule has 0 saturated carbocycles. The maximum atomic E-state index is 12.6. The van der Waals surface area contributed by atoms with Crippen LogP contribution in [0.15, 0.2) is 95.0 Å². The van der Waals surface area contributed by atoms with Gasteiger partial charge in [0.25, 0.3) is 0 Å². The summed E-state index contributed by atoms with van der Waals surface area (Å²) in [4.78, 5) is 29.7. The first-order chi connectivity index (χ1) is 17.2. The van der Waals surface area contributed by atoms with Crippen LogP contribution < -0.4 is 5.32 Å². The number of aldehydes is 1. The smallest absolute Gasteiger partial charge is 0.407 e. The van der Waals surface area contributed by atoms with E-state index >= 15 is 0 Å². The molecule has 4 aromatic rings. The zero-order valence-electron chi connectivity index (χ0n) is 18.6. The summed E-state index contributed by atoms with van der Waals surface area (Å²) in [6, 6.07) is 23.7. The topological polar surface area (TPSA) is 68.3 Å². The second-order valence-corrected chi connectivity index (χ2v) is 9.51. The molecule has 1 aliphatic carbocycles. The Morgan fingerprint density at radius 2 is 1.63 bits per heavy atom. The summed E-state index contributed by atoms with van der Waals surface area (Å²) in [6.07, 6.45) is 3.49. The molecule has 3 aromatic carbocycles. The van der Waals surface area contributed by atoms with E-state index in [4.69, 9.17) is 16.3 Å². The lowest BCUT2D eigenvalue weighted by Gasteiger charge is -2.15. The van der Waals surface area contributed by atoms with Crippen molar-refractivity contribution in [3.8, 4) is 11.1 Å². The number of fused-ring (bicyclic) bond motifs is 3. The van der Waals surface area contributed by atoms with Crippen molar-refractivity contribution in [2.45, 2.75) is 22.3 Å². The van der Waals surface area contributed by atoms with Crippen molar-refractivity contribution in [1.29, 1.82) is 0 Å². The summed E-state index contributed by atoms with van der Waals surface area (Å²) in [5, 5.41) is 3.26. The molecule has 7 heteroatoms. The molecule has 1 aromatic heterocycles. The average Bonchev–Trinajstić information content (AvgIpc) is 3.21. The molecule has 174 valence electrons. The van der Waals surface area contributed by atoms with E-state index in [1.165, 1.54) is 22.9 Å². The van der Waals surface area contributed by atoms with Gasteiger partial charge in [-0.15, -0.1) is 0 Å². The van der Waals surface area contributed by atoms with Crippen molar-refractivity contribution in [3.05, 3.63) is 112 Å². The van der Waals surface area contributed by atoms with Crippen LogP contribution in [0.4, 0.5) is 4.79 Å². The number of benzene rings is 3. The van der Waals surface area contributed by atoms with Crippen LogP contribution in [0.25, 0.3) is 11.1 Å². The Hall–Kier alpha value is -3.61. The maximum Gasteiger partial charge on any atom is 0.407 e. The van der Waals surface area contributed by atoms with E-state index in [0.29, 0.717) is 10.6 Å². The fourth-order valence-electron chi connectivity index (χ4n) is 4.30. The van der Waals surface area contributed by atoms with E-state index in [9.17, 15) is 9.59 Å². The third-order valence-electron chi connectivity index (χ3n) is 5.95. The highest BCUT2D eigenvalue weighted by atomic mass is 35.5. The molecule has 5 rings (SSSR count). The van der Waals surface area contributed by atoms with E-state index in [-0.39, 0.29) is 19.1 Å². The van der Waals surface area contributed by atoms with E-state index in [1.807, 2.05) is 42.5 Å². The van der Waals surface area contributed by atoms with E-state index in [1.54, 1.807) is 18.5 Å². The number of nitrogens with zero attached hydrogens (tertiary/aromatic N) is 1. The van der Waals surface area contributed by atoms with Gasteiger partial charge < -0.3 is 10.1 Å². The van der Waals surface area contributed by atoms with Crippen molar-refractivity contribution >= 4 is 35.7 Å². The number of hydrogen-bond donors (Lipinski definition) is 1. The van der Waals surface area contributed by atoms with Crippen molar-refractivity contribution in [3.63, 3.8) is 0 Å². The minimum absolute atomic E-state index is 0.00746. The lowest BCUT2D eigenvalue weighted by molar-refractivity contribution is 0.112. The van der Waals surface area contributed by atoms with Crippen LogP contribution in [-0.2, 0) is 11.3 Å². The largest absolute Gasteiger partial charge is 0.449 e. The Kier molecular flexibility index (Phi) is 6.84. The van der Waals surface area contributed by atoms with Crippen molar-refractivity contribution in [1.82, 2.24) is 10.3 Å². The monoisotopic (exact) mass is 500 g/mol. The number of rotatable bonds is 7. The molecule has 0 radical (unpaired) electrons. The van der Waals surface area contributed by atoms with Crippen LogP contribution in [0.5, 0.6) is 0 Å². The summed E-state index contributed by atoms with van der Waals surface area (Å²) >= 11 is 7.78. The van der Waals surface area contributed by atoms with E-state index < -0.39 is 6.09 Å². The number of pyridine rings is 1. The zero-order valence-corrected chi connectivity index (χ0v) is 20.2. The first kappa shape index (κ1) is 23.1. The lowest BCUT2D eigenvalue weighted by atomic mass is 9.98. The number of ether oxygens (including phenoxy) is 1. The highest BCUT2D eigenvalue weighted by Crippen LogP contribution is 2.44. The minimum Gasteiger partial charge on any atom is -0.449 e. The zero-order chi connectivity index (χ0) is 24.2. The van der Waals surface area contributed by atoms with Crippen molar-refractivity contribution < 1.29 is 14.3 Å². The number of amides is 1. The summed E-state index contributed by atoms with van der Waals surface area (Å²) < 4.78 is 5.63. The molecule has 1 heterocycles. The van der Waals surface area contributed by atoms with Gasteiger partial charge in [-0.1, -0.05) is 90.1 Å². The molecule has 5 nitrogen and oxygen atoms in total. The second-order valence-electron chi connectivity index (χ2n) is 8.05. The third-order valence-corrected chi connectivity index (χ3v) is 7.63. The SMILES string of the molecule is O=Cc1ccccc1Sc1c(Cl)cncc1CNC(=O)OCC1c2ccccc2-c2ccccc21. The molecule has 0 unspecified atom stereocenters. The molecule has 0 saturated heterocycles. The number of hydrogen-bond acceptors (Lipinski definition) is 5. The summed E-state index contributed by atoms with van der Waals surface area (Å²) in [5.41, 5.74) is 5.98. The third kappa shape index (κ3) is 4.81. The molecule has 0 bridgehead atoms. The first-order valence-corrected chi connectivity index (χ1v) is 12.3. The molecule has 35 heavy (non-hydrogen) atoms. The van der Waals surface area contributed by atoms with Gasteiger partial charge in [0.05, 0.1) is 5.02 Å². The summed E-state index contributed by atoms with van der Waals surface area (Å²) in [7, 11) is 0. The number of carbonyl (C=O) groups is 2. The van der Waals surface area contributed by atoms with Gasteiger partial charge in [-0.25, -0.2) is 4.79 Å². The molecule has 1 amide bonds. The van der Waals surface area contributed by atoms with Gasteiger partial charge in [-0.05, 0) is 28.3 Å². The molecular weight excluding hydrogens is 480 g/mol. The molecule has 0 atom stereocenters. The average molecular weight is 501 g/mol. The number of carbonyl (C=O) groups excluding carboxylic acids is 2. The van der Waals surface area contributed by atoms with E-state index in [0.717, 1.165) is 32.8 Å². The van der Waals surface area contributed by atoms with Crippen LogP contribution in [0.2, 0.25) is 5.02 Å². The van der Waals surface area contributed by atoms with Crippen LogP contribution in [0.3, 0.4) is 0 Å². The number of alkyl carbamates (subject to hydrolysis) is 1. The van der Waals surface area contributed by atoms with Gasteiger partial charge in [0.15, 0.2) is 6.29 Å². The van der Waals surface area contributed by atoms with Gasteiger partial charge in [0.1, 0.15) is 6.61 Å². The molecule has 1 aliphatic rings. The predicted octanol–water partition coefficient (Wildman–Crippen LogP) is 6.74. The fraction of sp³-hybridized carbons (Fsp3) is 0.107. The molecule has 0 aliphatic heterocycles. The standard InChI is InChI=1S/C28H21ClN2O3S/c29-25-15-30-13-19(27(25)35-26-12-6-1-7-18(26)16-32)14-31-28(33)34-17-24-22-10-4-2-8-20(22)21-9-3-5-11-23(21)24/h1-13,15-16,24H,14,17H2,(H,31,33). The van der Waals surface area contributed by atoms with Gasteiger partial charge in [-0.2, -0.15) is 0 Å². The van der Waals surface area contributed by atoms with E-state index in [2.05, 4.69) is 34.6 Å². The quantitative estimate of drug-likeness (QED) is 0.285. The first-order valence-electron chi connectivity index (χ1n) is 11.1. The maximum absolute atomic E-state index is 12.6. The Morgan fingerprint density at radius 1 is 0.971 bits per heavy atom. The Balaban J connectivity index is 1.26. The number of nitrogens with one attached hydrogen (secondary N) is 1. The van der Waals surface area contributed by atoms with Gasteiger partial charge in [0.2, 0.25) is 0 Å². The molecular formula is C28H21ClN2O3S. The molecule has 0 fully saturated rings. The lowest BCUT2D eigenvalue weighted by Crippen LogP contribution is -2.26. The van der Waals surface area contributed by atoms with Crippen LogP contribution in [0.1, 0.15) is 33.0 Å². The Morgan fingerprint density at radius 3 is 2.34 bits per heavy atom. The van der Waals surface area contributed by atoms with Gasteiger partial charge >= 0.3 is 6.09 Å². The Bertz CT molecular complexity index is 1360. The minimum atomic E-state index is -0.518. The number of halogens is 1. The molecule has 1 N–H and O–H groups in total. The second kappa shape index (κ2) is 10.3. The summed E-state index contributed by atoms with van der Waals surface area (Å²) in [6.45, 7) is 0.428. The van der Waals surface area contributed by atoms with Crippen molar-refractivity contribution in [2.24, 2.45) is 0 Å². The highest BCUT2D eigenvalue weighted by Gasteiger charge is 2.29. The van der Waals surface area contributed by atoms with Gasteiger partial charge in [-0.3, -0.25) is 9.78 Å². The van der Waals surface area contributed by atoms with Crippen molar-refractivity contribution in [2.75, 3.05) is 6.61 Å². The Labute approximate surface area is 212 Å².